The van der Waals surface area contributed by atoms with E-state index in [0.717, 1.165) is 0 Å². The fourth-order valence-corrected chi connectivity index (χ4v) is 1.16. The van der Waals surface area contributed by atoms with E-state index < -0.39 is 37.3 Å². The second-order valence-electron chi connectivity index (χ2n) is 2.82. The smallest absolute Gasteiger partial charge is 0.184 e. The van der Waals surface area contributed by atoms with E-state index in [1.807, 2.05) is 0 Å². The van der Waals surface area contributed by atoms with Gasteiger partial charge in [-0.3, -0.25) is 0 Å². The first-order valence-corrected chi connectivity index (χ1v) is 3.51. The summed E-state index contributed by atoms with van der Waals surface area (Å²) in [6, 6.07) is 0. The van der Waals surface area contributed by atoms with Crippen molar-refractivity contribution < 1.29 is 30.3 Å². The van der Waals surface area contributed by atoms with E-state index in [1.165, 1.54) is 0 Å². The monoisotopic (exact) mass is 180 g/mol. The van der Waals surface area contributed by atoms with Crippen LogP contribution in [0.15, 0.2) is 0 Å². The molecule has 0 aromatic rings. The molecule has 1 heterocycles. The molecule has 6 heteroatoms. The quantitative estimate of drug-likeness (QED) is 0.306. The maximum atomic E-state index is 9.22. The Morgan fingerprint density at radius 2 is 1.58 bits per heavy atom. The van der Waals surface area contributed by atoms with Gasteiger partial charge >= 0.3 is 0 Å². The molecule has 0 aromatic heterocycles. The molecule has 12 heavy (non-hydrogen) atoms. The topological polar surface area (TPSA) is 110 Å². The van der Waals surface area contributed by atoms with Crippen LogP contribution in [0.3, 0.4) is 0 Å². The number of aliphatic hydroxyl groups is 5. The third-order valence-electron chi connectivity index (χ3n) is 2.05. The van der Waals surface area contributed by atoms with Crippen LogP contribution in [0.2, 0.25) is 0 Å². The molecule has 0 aromatic carbocycles. The Labute approximate surface area is 68.6 Å². The van der Waals surface area contributed by atoms with Gasteiger partial charge in [0.25, 0.3) is 0 Å². The average molecular weight is 180 g/mol. The van der Waals surface area contributed by atoms with Crippen molar-refractivity contribution in [1.29, 1.82) is 0 Å². The summed E-state index contributed by atoms with van der Waals surface area (Å²) in [5.74, 6) is 0. The van der Waals surface area contributed by atoms with E-state index in [2.05, 4.69) is 4.74 Å². The first kappa shape index (κ1) is 9.85. The number of rotatable bonds is 2. The minimum Gasteiger partial charge on any atom is -0.393 e. The van der Waals surface area contributed by atoms with Gasteiger partial charge in [0.15, 0.2) is 6.29 Å². The fraction of sp³-hybridized carbons (Fsp3) is 1.00. The molecule has 6 nitrogen and oxygen atoms in total. The lowest BCUT2D eigenvalue weighted by Crippen LogP contribution is -2.49. The maximum absolute atomic E-state index is 9.22. The average Bonchev–Trinajstić information content (AvgIpc) is 2.30. The molecule has 0 amide bonds. The van der Waals surface area contributed by atoms with Gasteiger partial charge in [-0.15, -0.1) is 0 Å². The van der Waals surface area contributed by atoms with Crippen molar-refractivity contribution in [1.82, 2.24) is 0 Å². The van der Waals surface area contributed by atoms with Gasteiger partial charge in [-0.25, -0.2) is 0 Å². The van der Waals surface area contributed by atoms with Gasteiger partial charge in [0, 0.05) is 0 Å². The first-order valence-electron chi connectivity index (χ1n) is 3.51. The summed E-state index contributed by atoms with van der Waals surface area (Å²) in [5, 5.41) is 44.7. The lowest BCUT2D eigenvalue weighted by molar-refractivity contribution is -0.187. The van der Waals surface area contributed by atoms with Crippen molar-refractivity contribution in [3.63, 3.8) is 0 Å². The van der Waals surface area contributed by atoms with Crippen molar-refractivity contribution in [2.24, 2.45) is 0 Å². The highest BCUT2D eigenvalue weighted by molar-refractivity contribution is 4.98. The van der Waals surface area contributed by atoms with Crippen LogP contribution in [0.5, 0.6) is 0 Å². The van der Waals surface area contributed by atoms with Gasteiger partial charge in [0.05, 0.1) is 13.2 Å². The molecule has 1 rings (SSSR count). The summed E-state index contributed by atoms with van der Waals surface area (Å²) in [4.78, 5) is 0. The Bertz CT molecular complexity index is 156. The Kier molecular flexibility index (Phi) is 2.67. The number of hydrogen-bond donors (Lipinski definition) is 5. The summed E-state index contributed by atoms with van der Waals surface area (Å²) in [6.45, 7) is -1.34. The van der Waals surface area contributed by atoms with Crippen LogP contribution in [0.25, 0.3) is 0 Å². The zero-order chi connectivity index (χ0) is 9.35. The molecular weight excluding hydrogens is 168 g/mol. The number of ether oxygens (including phenoxy) is 1. The van der Waals surface area contributed by atoms with Crippen LogP contribution in [0.1, 0.15) is 0 Å². The third-order valence-corrected chi connectivity index (χ3v) is 2.05. The van der Waals surface area contributed by atoms with E-state index in [1.54, 1.807) is 0 Å². The molecule has 1 unspecified atom stereocenters. The van der Waals surface area contributed by atoms with Crippen LogP contribution in [0.4, 0.5) is 0 Å². The maximum Gasteiger partial charge on any atom is 0.184 e. The standard InChI is InChI=1S/C6H12O6/c7-1-6(2-8)4(10)3(9)5(11)12-6/h3-5,7-11H,1-2H2/t3-,4+,5?/m1/s1. The van der Waals surface area contributed by atoms with E-state index in [9.17, 15) is 5.11 Å². The van der Waals surface area contributed by atoms with Crippen LogP contribution < -0.4 is 0 Å². The van der Waals surface area contributed by atoms with Crippen molar-refractivity contribution in [3.05, 3.63) is 0 Å². The van der Waals surface area contributed by atoms with Crippen molar-refractivity contribution in [3.8, 4) is 0 Å². The summed E-state index contributed by atoms with van der Waals surface area (Å²) < 4.78 is 4.63. The zero-order valence-corrected chi connectivity index (χ0v) is 6.29. The van der Waals surface area contributed by atoms with E-state index >= 15 is 0 Å². The molecule has 0 spiro atoms. The lowest BCUT2D eigenvalue weighted by Gasteiger charge is -2.26. The molecule has 3 atom stereocenters. The van der Waals surface area contributed by atoms with Crippen LogP contribution >= 0.6 is 0 Å². The van der Waals surface area contributed by atoms with E-state index in [4.69, 9.17) is 20.4 Å². The lowest BCUT2D eigenvalue weighted by atomic mass is 9.97. The van der Waals surface area contributed by atoms with E-state index in [-0.39, 0.29) is 0 Å². The molecule has 5 N–H and O–H groups in total. The van der Waals surface area contributed by atoms with Gasteiger partial charge in [-0.05, 0) is 0 Å². The Morgan fingerprint density at radius 3 is 1.75 bits per heavy atom. The molecule has 1 fully saturated rings. The normalized spacial score (nSPS) is 40.2. The minimum absolute atomic E-state index is 0.668. The molecule has 0 saturated carbocycles. The second kappa shape index (κ2) is 3.25. The SMILES string of the molecule is OCC1(CO)OC(O)[C@H](O)[C@@H]1O. The molecule has 1 aliphatic rings. The number of hydrogen-bond acceptors (Lipinski definition) is 6. The van der Waals surface area contributed by atoms with Gasteiger partial charge in [-0.2, -0.15) is 0 Å². The van der Waals surface area contributed by atoms with Crippen molar-refractivity contribution in [2.75, 3.05) is 13.2 Å². The third kappa shape index (κ3) is 1.22. The molecule has 0 radical (unpaired) electrons. The van der Waals surface area contributed by atoms with Crippen LogP contribution in [0, 0.1) is 0 Å². The summed E-state index contributed by atoms with van der Waals surface area (Å²) in [6.07, 6.45) is -4.55. The Morgan fingerprint density at radius 1 is 1.08 bits per heavy atom. The zero-order valence-electron chi connectivity index (χ0n) is 6.29. The highest BCUT2D eigenvalue weighted by Gasteiger charge is 2.53. The molecule has 1 saturated heterocycles. The second-order valence-corrected chi connectivity index (χ2v) is 2.82. The van der Waals surface area contributed by atoms with Crippen LogP contribution in [-0.2, 0) is 4.74 Å². The fourth-order valence-electron chi connectivity index (χ4n) is 1.16. The highest BCUT2D eigenvalue weighted by atomic mass is 16.7. The molecule has 0 bridgehead atoms. The van der Waals surface area contributed by atoms with Gasteiger partial charge < -0.3 is 30.3 Å². The Hall–Kier alpha value is -0.240. The Balaban J connectivity index is 2.79. The number of aliphatic hydroxyl groups excluding tert-OH is 5. The predicted molar refractivity (Wildman–Crippen MR) is 36.0 cm³/mol. The van der Waals surface area contributed by atoms with Crippen molar-refractivity contribution >= 4 is 0 Å². The van der Waals surface area contributed by atoms with Gasteiger partial charge in [-0.1, -0.05) is 0 Å². The first-order chi connectivity index (χ1) is 5.57. The minimum atomic E-state index is -1.65. The summed E-state index contributed by atoms with van der Waals surface area (Å²) in [5.41, 5.74) is -1.65. The summed E-state index contributed by atoms with van der Waals surface area (Å²) in [7, 11) is 0. The van der Waals surface area contributed by atoms with Gasteiger partial charge in [0.1, 0.15) is 17.8 Å². The van der Waals surface area contributed by atoms with E-state index in [0.29, 0.717) is 0 Å². The van der Waals surface area contributed by atoms with Gasteiger partial charge in [0.2, 0.25) is 0 Å². The summed E-state index contributed by atoms with van der Waals surface area (Å²) >= 11 is 0. The predicted octanol–water partition coefficient (Wildman–Crippen LogP) is -3.22. The van der Waals surface area contributed by atoms with Crippen LogP contribution in [-0.4, -0.2) is 62.8 Å². The molecule has 0 aliphatic carbocycles. The van der Waals surface area contributed by atoms with Crippen molar-refractivity contribution in [2.45, 2.75) is 24.1 Å². The highest BCUT2D eigenvalue weighted by Crippen LogP contribution is 2.29. The molecule has 1 aliphatic heterocycles. The largest absolute Gasteiger partial charge is 0.393 e. The molecular formula is C6H12O6. The molecule has 72 valence electrons.